The summed E-state index contributed by atoms with van der Waals surface area (Å²) in [6.07, 6.45) is 0. The molecule has 0 unspecified atom stereocenters. The SMILES string of the molecule is Cc1n[nH]c(=S)n1-c1cccc2ccccc12. The third-order valence-electron chi connectivity index (χ3n) is 2.85. The van der Waals surface area contributed by atoms with Gasteiger partial charge in [-0.05, 0) is 30.6 Å². The van der Waals surface area contributed by atoms with E-state index in [4.69, 9.17) is 12.2 Å². The van der Waals surface area contributed by atoms with Crippen molar-refractivity contribution >= 4 is 23.0 Å². The standard InChI is InChI=1S/C13H11N3S/c1-9-14-15-13(17)16(9)12-8-4-6-10-5-2-3-7-11(10)12/h2-8H,1H3,(H,15,17). The van der Waals surface area contributed by atoms with Gasteiger partial charge in [0.2, 0.25) is 0 Å². The van der Waals surface area contributed by atoms with E-state index in [-0.39, 0.29) is 0 Å². The molecule has 0 fully saturated rings. The fraction of sp³-hybridized carbons (Fsp3) is 0.0769. The Morgan fingerprint density at radius 3 is 2.65 bits per heavy atom. The van der Waals surface area contributed by atoms with Crippen LogP contribution in [0.1, 0.15) is 5.82 Å². The zero-order valence-corrected chi connectivity index (χ0v) is 10.2. The average Bonchev–Trinajstić information content (AvgIpc) is 2.69. The van der Waals surface area contributed by atoms with Crippen LogP contribution in [0.4, 0.5) is 0 Å². The van der Waals surface area contributed by atoms with Gasteiger partial charge in [-0.15, -0.1) is 0 Å². The molecule has 0 spiro atoms. The van der Waals surface area contributed by atoms with Crippen molar-refractivity contribution in [3.8, 4) is 5.69 Å². The highest BCUT2D eigenvalue weighted by molar-refractivity contribution is 7.71. The first-order chi connectivity index (χ1) is 8.27. The van der Waals surface area contributed by atoms with E-state index in [1.165, 1.54) is 10.8 Å². The molecule has 0 saturated carbocycles. The molecule has 0 aliphatic heterocycles. The highest BCUT2D eigenvalue weighted by atomic mass is 32.1. The van der Waals surface area contributed by atoms with Crippen LogP contribution in [0.15, 0.2) is 42.5 Å². The molecule has 0 saturated heterocycles. The van der Waals surface area contributed by atoms with E-state index in [2.05, 4.69) is 34.5 Å². The summed E-state index contributed by atoms with van der Waals surface area (Å²) in [5.74, 6) is 0.867. The molecule has 17 heavy (non-hydrogen) atoms. The summed E-state index contributed by atoms with van der Waals surface area (Å²) >= 11 is 5.26. The van der Waals surface area contributed by atoms with Crippen LogP contribution in [0, 0.1) is 11.7 Å². The van der Waals surface area contributed by atoms with E-state index in [1.54, 1.807) is 0 Å². The zero-order chi connectivity index (χ0) is 11.8. The molecule has 0 amide bonds. The minimum absolute atomic E-state index is 0.624. The first-order valence-corrected chi connectivity index (χ1v) is 5.80. The molecule has 0 aliphatic rings. The first-order valence-electron chi connectivity index (χ1n) is 5.39. The van der Waals surface area contributed by atoms with E-state index in [9.17, 15) is 0 Å². The molecule has 0 aliphatic carbocycles. The highest BCUT2D eigenvalue weighted by Gasteiger charge is 2.07. The van der Waals surface area contributed by atoms with Crippen molar-refractivity contribution < 1.29 is 0 Å². The smallest absolute Gasteiger partial charge is 0.199 e. The molecule has 84 valence electrons. The second kappa shape index (κ2) is 3.82. The molecular formula is C13H11N3S. The Kier molecular flexibility index (Phi) is 2.30. The van der Waals surface area contributed by atoms with Crippen molar-refractivity contribution in [1.82, 2.24) is 14.8 Å². The lowest BCUT2D eigenvalue weighted by atomic mass is 10.1. The molecule has 0 bridgehead atoms. The van der Waals surface area contributed by atoms with E-state index < -0.39 is 0 Å². The van der Waals surface area contributed by atoms with Gasteiger partial charge < -0.3 is 0 Å². The van der Waals surface area contributed by atoms with Crippen LogP contribution in [0.5, 0.6) is 0 Å². The van der Waals surface area contributed by atoms with Gasteiger partial charge in [0, 0.05) is 5.39 Å². The maximum atomic E-state index is 5.26. The van der Waals surface area contributed by atoms with E-state index >= 15 is 0 Å². The third-order valence-corrected chi connectivity index (χ3v) is 3.12. The van der Waals surface area contributed by atoms with Gasteiger partial charge >= 0.3 is 0 Å². The number of hydrogen-bond donors (Lipinski definition) is 1. The van der Waals surface area contributed by atoms with Gasteiger partial charge in [0.05, 0.1) is 5.69 Å². The predicted octanol–water partition coefficient (Wildman–Crippen LogP) is 3.39. The van der Waals surface area contributed by atoms with Crippen LogP contribution in [0.25, 0.3) is 16.5 Å². The monoisotopic (exact) mass is 241 g/mol. The van der Waals surface area contributed by atoms with Crippen LogP contribution < -0.4 is 0 Å². The van der Waals surface area contributed by atoms with Crippen LogP contribution in [0.2, 0.25) is 0 Å². The van der Waals surface area contributed by atoms with Gasteiger partial charge in [-0.25, -0.2) is 0 Å². The Bertz CT molecular complexity index is 734. The second-order valence-electron chi connectivity index (χ2n) is 3.91. The quantitative estimate of drug-likeness (QED) is 0.662. The van der Waals surface area contributed by atoms with Crippen LogP contribution >= 0.6 is 12.2 Å². The van der Waals surface area contributed by atoms with Crippen molar-refractivity contribution in [3.05, 3.63) is 53.1 Å². The molecule has 0 radical (unpaired) electrons. The maximum absolute atomic E-state index is 5.26. The highest BCUT2D eigenvalue weighted by Crippen LogP contribution is 2.22. The van der Waals surface area contributed by atoms with Crippen molar-refractivity contribution in [2.45, 2.75) is 6.92 Å². The van der Waals surface area contributed by atoms with Crippen molar-refractivity contribution in [1.29, 1.82) is 0 Å². The number of aromatic amines is 1. The second-order valence-corrected chi connectivity index (χ2v) is 4.30. The molecule has 4 heteroatoms. The summed E-state index contributed by atoms with van der Waals surface area (Å²) in [7, 11) is 0. The molecule has 1 aromatic heterocycles. The third kappa shape index (κ3) is 1.57. The maximum Gasteiger partial charge on any atom is 0.199 e. The number of nitrogens with zero attached hydrogens (tertiary/aromatic N) is 2. The molecule has 0 atom stereocenters. The first kappa shape index (κ1) is 10.2. The van der Waals surface area contributed by atoms with Crippen molar-refractivity contribution in [2.75, 3.05) is 0 Å². The Morgan fingerprint density at radius 2 is 1.88 bits per heavy atom. The van der Waals surface area contributed by atoms with Gasteiger partial charge in [-0.1, -0.05) is 36.4 Å². The fourth-order valence-corrected chi connectivity index (χ4v) is 2.34. The average molecular weight is 241 g/mol. The molecule has 1 N–H and O–H groups in total. The summed E-state index contributed by atoms with van der Waals surface area (Å²) < 4.78 is 2.58. The van der Waals surface area contributed by atoms with Crippen molar-refractivity contribution in [2.24, 2.45) is 0 Å². The number of fused-ring (bicyclic) bond motifs is 1. The number of nitrogens with one attached hydrogen (secondary N) is 1. The summed E-state index contributed by atoms with van der Waals surface area (Å²) in [6.45, 7) is 1.94. The van der Waals surface area contributed by atoms with Crippen molar-refractivity contribution in [3.63, 3.8) is 0 Å². The minimum Gasteiger partial charge on any atom is -0.272 e. The number of H-pyrrole nitrogens is 1. The van der Waals surface area contributed by atoms with Gasteiger partial charge in [0.25, 0.3) is 0 Å². The lowest BCUT2D eigenvalue weighted by Crippen LogP contribution is -1.97. The molecular weight excluding hydrogens is 230 g/mol. The van der Waals surface area contributed by atoms with Gasteiger partial charge in [-0.2, -0.15) is 5.10 Å². The van der Waals surface area contributed by atoms with Gasteiger partial charge in [-0.3, -0.25) is 9.67 Å². The Morgan fingerprint density at radius 1 is 1.12 bits per heavy atom. The molecule has 1 heterocycles. The minimum atomic E-state index is 0.624. The van der Waals surface area contributed by atoms with Crippen LogP contribution in [0.3, 0.4) is 0 Å². The number of aryl methyl sites for hydroxylation is 1. The van der Waals surface area contributed by atoms with Crippen LogP contribution in [-0.4, -0.2) is 14.8 Å². The summed E-state index contributed by atoms with van der Waals surface area (Å²) in [4.78, 5) is 0. The Balaban J connectivity index is 2.43. The number of benzene rings is 2. The van der Waals surface area contributed by atoms with Gasteiger partial charge in [0.15, 0.2) is 4.77 Å². The Hall–Kier alpha value is -1.94. The lowest BCUT2D eigenvalue weighted by molar-refractivity contribution is 0.971. The number of hydrogen-bond acceptors (Lipinski definition) is 2. The number of rotatable bonds is 1. The fourth-order valence-electron chi connectivity index (χ4n) is 2.06. The summed E-state index contributed by atoms with van der Waals surface area (Å²) in [6, 6.07) is 14.4. The summed E-state index contributed by atoms with van der Waals surface area (Å²) in [5, 5.41) is 9.34. The van der Waals surface area contributed by atoms with Gasteiger partial charge in [0.1, 0.15) is 5.82 Å². The largest absolute Gasteiger partial charge is 0.272 e. The predicted molar refractivity (Wildman–Crippen MR) is 71.0 cm³/mol. The molecule has 3 aromatic rings. The number of aromatic nitrogens is 3. The Labute approximate surface area is 104 Å². The van der Waals surface area contributed by atoms with E-state index in [1.807, 2.05) is 29.7 Å². The lowest BCUT2D eigenvalue weighted by Gasteiger charge is -2.08. The normalized spacial score (nSPS) is 10.9. The molecule has 2 aromatic carbocycles. The topological polar surface area (TPSA) is 33.6 Å². The van der Waals surface area contributed by atoms with Crippen LogP contribution in [-0.2, 0) is 0 Å². The molecule has 3 nitrogen and oxygen atoms in total. The summed E-state index contributed by atoms with van der Waals surface area (Å²) in [5.41, 5.74) is 1.07. The molecule has 3 rings (SSSR count). The van der Waals surface area contributed by atoms with E-state index in [0.29, 0.717) is 4.77 Å². The van der Waals surface area contributed by atoms with E-state index in [0.717, 1.165) is 11.5 Å². The zero-order valence-electron chi connectivity index (χ0n) is 9.34.